The molecule has 2 aliphatic rings. The van der Waals surface area contributed by atoms with E-state index >= 15 is 0 Å². The van der Waals surface area contributed by atoms with Gasteiger partial charge in [-0.05, 0) is 64.2 Å². The molecule has 2 fully saturated rings. The van der Waals surface area contributed by atoms with E-state index in [1.807, 2.05) is 36.5 Å². The maximum Gasteiger partial charge on any atom is 0.306 e. The summed E-state index contributed by atoms with van der Waals surface area (Å²) in [6.07, 6.45) is 32.1. The summed E-state index contributed by atoms with van der Waals surface area (Å²) in [5.74, 6) is -0.961. The van der Waals surface area contributed by atoms with Crippen LogP contribution in [0.15, 0.2) is 72.9 Å². The highest BCUT2D eigenvalue weighted by Gasteiger charge is 2.47. The summed E-state index contributed by atoms with van der Waals surface area (Å²) >= 11 is 0. The molecule has 11 atom stereocenters. The SMILES string of the molecule is CC/C=C/C=C/C=C/C=C/CCCCCCCC(=O)O[C@@H](COC(=O)CCCCCCCCCCC/C=C/C/C=C/CCCCC)CO[C@@H]1O[C@H](CO[C@@H]2O[C@H](CO)[C@H](O)C(O)C2O)[C@H](O)C(O)C1O. The van der Waals surface area contributed by atoms with Gasteiger partial charge in [0.2, 0.25) is 0 Å². The molecule has 4 unspecified atom stereocenters. The maximum absolute atomic E-state index is 13.0. The monoisotopic (exact) mass is 993 g/mol. The fourth-order valence-electron chi connectivity index (χ4n) is 7.90. The molecule has 0 aliphatic carbocycles. The number of carbonyl (C=O) groups excluding carboxylic acids is 2. The van der Waals surface area contributed by atoms with Gasteiger partial charge in [0.15, 0.2) is 18.7 Å². The Morgan fingerprint density at radius 1 is 0.486 bits per heavy atom. The van der Waals surface area contributed by atoms with Gasteiger partial charge in [-0.3, -0.25) is 9.59 Å². The molecule has 2 saturated heterocycles. The van der Waals surface area contributed by atoms with E-state index in [9.17, 15) is 45.3 Å². The Balaban J connectivity index is 1.80. The van der Waals surface area contributed by atoms with Crippen molar-refractivity contribution in [2.45, 2.75) is 235 Å². The second-order valence-corrected chi connectivity index (χ2v) is 18.4. The van der Waals surface area contributed by atoms with Crippen LogP contribution in [0.25, 0.3) is 0 Å². The molecule has 15 nitrogen and oxygen atoms in total. The van der Waals surface area contributed by atoms with Crippen molar-refractivity contribution < 1.29 is 73.8 Å². The average molecular weight is 993 g/mol. The third kappa shape index (κ3) is 28.8. The first-order valence-corrected chi connectivity index (χ1v) is 26.6. The van der Waals surface area contributed by atoms with Gasteiger partial charge < -0.3 is 64.2 Å². The summed E-state index contributed by atoms with van der Waals surface area (Å²) in [5, 5.41) is 72.1. The first-order valence-electron chi connectivity index (χ1n) is 26.6. The Morgan fingerprint density at radius 3 is 1.53 bits per heavy atom. The molecule has 15 heteroatoms. The van der Waals surface area contributed by atoms with Crippen molar-refractivity contribution in [3.05, 3.63) is 72.9 Å². The minimum atomic E-state index is -1.77. The quantitative estimate of drug-likeness (QED) is 0.0134. The van der Waals surface area contributed by atoms with Gasteiger partial charge in [0.1, 0.15) is 55.4 Å². The average Bonchev–Trinajstić information content (AvgIpc) is 3.35. The van der Waals surface area contributed by atoms with E-state index in [1.165, 1.54) is 57.8 Å². The molecule has 0 saturated carbocycles. The number of hydrogen-bond acceptors (Lipinski definition) is 15. The highest BCUT2D eigenvalue weighted by Crippen LogP contribution is 2.26. The zero-order valence-corrected chi connectivity index (χ0v) is 42.5. The zero-order valence-electron chi connectivity index (χ0n) is 42.5. The molecule has 0 amide bonds. The number of esters is 2. The number of hydrogen-bond donors (Lipinski definition) is 7. The van der Waals surface area contributed by atoms with Crippen LogP contribution in [-0.2, 0) is 38.0 Å². The molecule has 0 aromatic rings. The lowest BCUT2D eigenvalue weighted by Crippen LogP contribution is -2.61. The van der Waals surface area contributed by atoms with E-state index in [0.29, 0.717) is 12.8 Å². The fraction of sp³-hybridized carbons (Fsp3) is 0.745. The Labute approximate surface area is 419 Å². The van der Waals surface area contributed by atoms with Crippen molar-refractivity contribution in [1.82, 2.24) is 0 Å². The van der Waals surface area contributed by atoms with E-state index < -0.39 is 99.3 Å². The van der Waals surface area contributed by atoms with Crippen LogP contribution in [0.4, 0.5) is 0 Å². The molecule has 0 bridgehead atoms. The lowest BCUT2D eigenvalue weighted by Gasteiger charge is -2.42. The Kier molecular flexibility index (Phi) is 37.3. The van der Waals surface area contributed by atoms with Crippen LogP contribution >= 0.6 is 0 Å². The Morgan fingerprint density at radius 2 is 0.957 bits per heavy atom. The summed E-state index contributed by atoms with van der Waals surface area (Å²) < 4.78 is 33.6. The van der Waals surface area contributed by atoms with Crippen LogP contribution in [0, 0.1) is 0 Å². The normalized spacial score (nSPS) is 26.0. The van der Waals surface area contributed by atoms with E-state index in [-0.39, 0.29) is 19.4 Å². The van der Waals surface area contributed by atoms with Crippen LogP contribution in [0.5, 0.6) is 0 Å². The van der Waals surface area contributed by atoms with Gasteiger partial charge in [-0.1, -0.05) is 164 Å². The number of carbonyl (C=O) groups is 2. The number of rotatable bonds is 40. The smallest absolute Gasteiger partial charge is 0.306 e. The lowest BCUT2D eigenvalue weighted by atomic mass is 9.98. The minimum absolute atomic E-state index is 0.135. The molecule has 70 heavy (non-hydrogen) atoms. The molecule has 0 radical (unpaired) electrons. The van der Waals surface area contributed by atoms with E-state index in [0.717, 1.165) is 70.6 Å². The number of unbranched alkanes of at least 4 members (excludes halogenated alkanes) is 17. The predicted octanol–water partition coefficient (Wildman–Crippen LogP) is 7.82. The summed E-state index contributed by atoms with van der Waals surface area (Å²) in [6.45, 7) is 2.39. The maximum atomic E-state index is 13.0. The molecule has 0 aromatic carbocycles. The van der Waals surface area contributed by atoms with Crippen LogP contribution in [-0.4, -0.2) is 142 Å². The molecule has 0 spiro atoms. The van der Waals surface area contributed by atoms with Crippen molar-refractivity contribution in [2.75, 3.05) is 26.4 Å². The Bertz CT molecular complexity index is 1490. The molecule has 2 rings (SSSR count). The number of allylic oxidation sites excluding steroid dienone is 12. The fourth-order valence-corrected chi connectivity index (χ4v) is 7.90. The van der Waals surface area contributed by atoms with Crippen LogP contribution < -0.4 is 0 Å². The van der Waals surface area contributed by atoms with Crippen molar-refractivity contribution in [3.8, 4) is 0 Å². The van der Waals surface area contributed by atoms with Crippen molar-refractivity contribution in [1.29, 1.82) is 0 Å². The van der Waals surface area contributed by atoms with E-state index in [1.54, 1.807) is 0 Å². The highest BCUT2D eigenvalue weighted by molar-refractivity contribution is 5.70. The second-order valence-electron chi connectivity index (χ2n) is 18.4. The third-order valence-corrected chi connectivity index (χ3v) is 12.3. The zero-order chi connectivity index (χ0) is 51.0. The molecular formula is C55H92O15. The second kappa shape index (κ2) is 41.4. The van der Waals surface area contributed by atoms with Crippen LogP contribution in [0.2, 0.25) is 0 Å². The molecule has 2 aliphatic heterocycles. The van der Waals surface area contributed by atoms with Gasteiger partial charge in [0.25, 0.3) is 0 Å². The largest absolute Gasteiger partial charge is 0.462 e. The topological polar surface area (TPSA) is 231 Å². The summed E-state index contributed by atoms with van der Waals surface area (Å²) in [4.78, 5) is 25.8. The first-order chi connectivity index (χ1) is 34.0. The molecule has 7 N–H and O–H groups in total. The number of aliphatic hydroxyl groups excluding tert-OH is 7. The van der Waals surface area contributed by atoms with E-state index in [2.05, 4.69) is 50.3 Å². The van der Waals surface area contributed by atoms with Gasteiger partial charge >= 0.3 is 11.9 Å². The Hall–Kier alpha value is -3.06. The predicted molar refractivity (Wildman–Crippen MR) is 270 cm³/mol. The van der Waals surface area contributed by atoms with Crippen molar-refractivity contribution in [3.63, 3.8) is 0 Å². The molecule has 402 valence electrons. The molecular weight excluding hydrogens is 901 g/mol. The van der Waals surface area contributed by atoms with Crippen LogP contribution in [0.3, 0.4) is 0 Å². The van der Waals surface area contributed by atoms with Gasteiger partial charge in [-0.15, -0.1) is 0 Å². The van der Waals surface area contributed by atoms with Crippen molar-refractivity contribution in [2.24, 2.45) is 0 Å². The van der Waals surface area contributed by atoms with Gasteiger partial charge in [-0.25, -0.2) is 0 Å². The summed E-state index contributed by atoms with van der Waals surface area (Å²) in [6, 6.07) is 0. The minimum Gasteiger partial charge on any atom is -0.462 e. The number of ether oxygens (including phenoxy) is 6. The molecule has 2 heterocycles. The van der Waals surface area contributed by atoms with Gasteiger partial charge in [0.05, 0.1) is 19.8 Å². The van der Waals surface area contributed by atoms with Gasteiger partial charge in [0, 0.05) is 12.8 Å². The van der Waals surface area contributed by atoms with Crippen LogP contribution in [0.1, 0.15) is 168 Å². The lowest BCUT2D eigenvalue weighted by molar-refractivity contribution is -0.332. The molecule has 0 aromatic heterocycles. The first kappa shape index (κ1) is 63.1. The highest BCUT2D eigenvalue weighted by atomic mass is 16.7. The van der Waals surface area contributed by atoms with Crippen molar-refractivity contribution >= 4 is 11.9 Å². The van der Waals surface area contributed by atoms with E-state index in [4.69, 9.17) is 28.4 Å². The summed E-state index contributed by atoms with van der Waals surface area (Å²) in [5.41, 5.74) is 0. The number of aliphatic hydroxyl groups is 7. The van der Waals surface area contributed by atoms with Gasteiger partial charge in [-0.2, -0.15) is 0 Å². The summed E-state index contributed by atoms with van der Waals surface area (Å²) in [7, 11) is 0. The standard InChI is InChI=1S/C55H92O15/c1-3-5-7-9-11-13-15-17-19-20-21-22-24-25-27-29-31-33-35-37-46(57)65-40-43(68-47(58)38-36-34-32-30-28-26-23-18-16-14-12-10-8-6-4-2)41-66-54-53(64)51(62)49(60)45(70-54)42-67-55-52(63)50(61)48(59)44(39-56)69-55/h6,8,10-14,16-19,23,43-45,48-56,59-64H,3-5,7,9,15,20-22,24-42H2,1-2H3/b8-6+,12-10+,13-11+,16-14+,19-17+,23-18+/t43-,44+,45+,48-,49-,50?,51?,52?,53?,54+,55+/m0/s1. The third-order valence-electron chi connectivity index (χ3n) is 12.3.